The van der Waals surface area contributed by atoms with Gasteiger partial charge in [-0.25, -0.2) is 0 Å². The summed E-state index contributed by atoms with van der Waals surface area (Å²) in [4.78, 5) is 24.1. The quantitative estimate of drug-likeness (QED) is 0.697. The Morgan fingerprint density at radius 1 is 1.04 bits per heavy atom. The second kappa shape index (κ2) is 9.82. The molecule has 2 rings (SSSR count). The van der Waals surface area contributed by atoms with Crippen molar-refractivity contribution in [3.8, 4) is 5.75 Å². The molecule has 0 aliphatic carbocycles. The smallest absolute Gasteiger partial charge is 0.255 e. The molecule has 2 aromatic carbocycles. The van der Waals surface area contributed by atoms with Gasteiger partial charge in [-0.2, -0.15) is 0 Å². The topological polar surface area (TPSA) is 67.4 Å². The lowest BCUT2D eigenvalue weighted by Crippen LogP contribution is -2.34. The molecule has 2 N–H and O–H groups in total. The van der Waals surface area contributed by atoms with Crippen molar-refractivity contribution >= 4 is 23.4 Å². The van der Waals surface area contributed by atoms with Crippen molar-refractivity contribution < 1.29 is 14.3 Å². The van der Waals surface area contributed by atoms with Crippen LogP contribution in [0.25, 0.3) is 0 Å². The van der Waals surface area contributed by atoms with E-state index >= 15 is 0 Å². The number of carbonyl (C=O) groups excluding carboxylic acids is 2. The zero-order valence-electron chi connectivity index (χ0n) is 15.0. The van der Waals surface area contributed by atoms with E-state index in [1.807, 2.05) is 31.2 Å². The van der Waals surface area contributed by atoms with Crippen molar-refractivity contribution in [3.63, 3.8) is 0 Å². The van der Waals surface area contributed by atoms with Crippen LogP contribution in [0.2, 0.25) is 5.02 Å². The largest absolute Gasteiger partial charge is 0.496 e. The highest BCUT2D eigenvalue weighted by atomic mass is 35.5. The fourth-order valence-electron chi connectivity index (χ4n) is 2.43. The van der Waals surface area contributed by atoms with Crippen LogP contribution in [0.3, 0.4) is 0 Å². The van der Waals surface area contributed by atoms with Crippen LogP contribution in [0.5, 0.6) is 5.75 Å². The van der Waals surface area contributed by atoms with Gasteiger partial charge in [-0.3, -0.25) is 9.59 Å². The van der Waals surface area contributed by atoms with Crippen LogP contribution in [0.15, 0.2) is 42.5 Å². The number of methoxy groups -OCH3 is 1. The predicted octanol–water partition coefficient (Wildman–Crippen LogP) is 3.14. The number of aryl methyl sites for hydroxylation is 2. The third-order valence-electron chi connectivity index (χ3n) is 3.90. The summed E-state index contributed by atoms with van der Waals surface area (Å²) in [7, 11) is 1.49. The average Bonchev–Trinajstić information content (AvgIpc) is 2.64. The minimum absolute atomic E-state index is 0.0415. The summed E-state index contributed by atoms with van der Waals surface area (Å²) in [6.45, 7) is 2.72. The monoisotopic (exact) mass is 374 g/mol. The minimum Gasteiger partial charge on any atom is -0.496 e. The molecule has 0 aromatic heterocycles. The fraction of sp³-hybridized carbons (Fsp3) is 0.300. The maximum absolute atomic E-state index is 12.2. The first-order chi connectivity index (χ1) is 12.5. The zero-order chi connectivity index (χ0) is 18.9. The van der Waals surface area contributed by atoms with Gasteiger partial charge in [-0.05, 0) is 37.1 Å². The summed E-state index contributed by atoms with van der Waals surface area (Å²) in [5.41, 5.74) is 2.70. The van der Waals surface area contributed by atoms with Crippen LogP contribution < -0.4 is 15.4 Å². The lowest BCUT2D eigenvalue weighted by atomic mass is 10.1. The van der Waals surface area contributed by atoms with Gasteiger partial charge in [0.1, 0.15) is 5.75 Å². The van der Waals surface area contributed by atoms with E-state index < -0.39 is 0 Å². The first kappa shape index (κ1) is 19.8. The highest BCUT2D eigenvalue weighted by molar-refractivity contribution is 6.31. The van der Waals surface area contributed by atoms with E-state index in [4.69, 9.17) is 16.3 Å². The molecule has 5 nitrogen and oxygen atoms in total. The molecule has 0 bridgehead atoms. The standard InChI is InChI=1S/C20H23ClN2O3/c1-14-3-5-15(6-4-14)7-10-19(24)22-11-12-23-20(25)17-13-16(21)8-9-18(17)26-2/h3-6,8-9,13H,7,10-12H2,1-2H3,(H,22,24)(H,23,25). The lowest BCUT2D eigenvalue weighted by Gasteiger charge is -2.10. The zero-order valence-corrected chi connectivity index (χ0v) is 15.7. The number of nitrogens with one attached hydrogen (secondary N) is 2. The van der Waals surface area contributed by atoms with E-state index in [0.717, 1.165) is 5.56 Å². The normalized spacial score (nSPS) is 10.3. The van der Waals surface area contributed by atoms with Crippen molar-refractivity contribution in [2.24, 2.45) is 0 Å². The lowest BCUT2D eigenvalue weighted by molar-refractivity contribution is -0.121. The SMILES string of the molecule is COc1ccc(Cl)cc1C(=O)NCCNC(=O)CCc1ccc(C)cc1. The van der Waals surface area contributed by atoms with Crippen LogP contribution in [-0.4, -0.2) is 32.0 Å². The molecule has 0 radical (unpaired) electrons. The van der Waals surface area contributed by atoms with Crippen LogP contribution in [0, 0.1) is 6.92 Å². The van der Waals surface area contributed by atoms with Crippen molar-refractivity contribution in [3.05, 3.63) is 64.2 Å². The maximum atomic E-state index is 12.2. The third-order valence-corrected chi connectivity index (χ3v) is 4.14. The molecule has 0 unspecified atom stereocenters. The second-order valence-corrected chi connectivity index (χ2v) is 6.37. The molecule has 0 spiro atoms. The van der Waals surface area contributed by atoms with Gasteiger partial charge in [-0.15, -0.1) is 0 Å². The van der Waals surface area contributed by atoms with Crippen molar-refractivity contribution in [1.29, 1.82) is 0 Å². The number of hydrogen-bond acceptors (Lipinski definition) is 3. The summed E-state index contributed by atoms with van der Waals surface area (Å²) < 4.78 is 5.16. The third kappa shape index (κ3) is 6.08. The Morgan fingerprint density at radius 2 is 1.73 bits per heavy atom. The van der Waals surface area contributed by atoms with Gasteiger partial charge in [0.25, 0.3) is 5.91 Å². The molecule has 0 saturated carbocycles. The molecular formula is C20H23ClN2O3. The molecule has 0 heterocycles. The summed E-state index contributed by atoms with van der Waals surface area (Å²) >= 11 is 5.92. The molecule has 138 valence electrons. The molecule has 2 amide bonds. The molecule has 0 saturated heterocycles. The first-order valence-electron chi connectivity index (χ1n) is 8.43. The number of amides is 2. The average molecular weight is 375 g/mol. The maximum Gasteiger partial charge on any atom is 0.255 e. The Hall–Kier alpha value is -2.53. The van der Waals surface area contributed by atoms with E-state index in [1.165, 1.54) is 12.7 Å². The number of hydrogen-bond donors (Lipinski definition) is 2. The molecule has 0 aliphatic heterocycles. The van der Waals surface area contributed by atoms with Crippen LogP contribution >= 0.6 is 11.6 Å². The molecule has 6 heteroatoms. The summed E-state index contributed by atoms with van der Waals surface area (Å²) in [6, 6.07) is 13.0. The summed E-state index contributed by atoms with van der Waals surface area (Å²) in [5, 5.41) is 6.00. The second-order valence-electron chi connectivity index (χ2n) is 5.94. The number of carbonyl (C=O) groups is 2. The molecular weight excluding hydrogens is 352 g/mol. The molecule has 0 fully saturated rings. The van der Waals surface area contributed by atoms with Gasteiger partial charge in [-0.1, -0.05) is 41.4 Å². The van der Waals surface area contributed by atoms with Gasteiger partial charge in [0.15, 0.2) is 0 Å². The Kier molecular flexibility index (Phi) is 7.48. The van der Waals surface area contributed by atoms with Gasteiger partial charge in [0.2, 0.25) is 5.91 Å². The molecule has 26 heavy (non-hydrogen) atoms. The van der Waals surface area contributed by atoms with Gasteiger partial charge < -0.3 is 15.4 Å². The Labute approximate surface area is 158 Å². The first-order valence-corrected chi connectivity index (χ1v) is 8.81. The fourth-order valence-corrected chi connectivity index (χ4v) is 2.60. The number of benzene rings is 2. The van der Waals surface area contributed by atoms with E-state index in [2.05, 4.69) is 10.6 Å². The van der Waals surface area contributed by atoms with Gasteiger partial charge in [0, 0.05) is 24.5 Å². The highest BCUT2D eigenvalue weighted by Gasteiger charge is 2.12. The van der Waals surface area contributed by atoms with E-state index in [0.29, 0.717) is 42.3 Å². The number of ether oxygens (including phenoxy) is 1. The van der Waals surface area contributed by atoms with Crippen molar-refractivity contribution in [1.82, 2.24) is 10.6 Å². The van der Waals surface area contributed by atoms with Crippen LogP contribution in [0.4, 0.5) is 0 Å². The Balaban J connectivity index is 1.71. The van der Waals surface area contributed by atoms with E-state index in [1.54, 1.807) is 18.2 Å². The summed E-state index contributed by atoms with van der Waals surface area (Å²) in [5.74, 6) is 0.118. The van der Waals surface area contributed by atoms with Crippen LogP contribution in [-0.2, 0) is 11.2 Å². The van der Waals surface area contributed by atoms with E-state index in [-0.39, 0.29) is 11.8 Å². The van der Waals surface area contributed by atoms with E-state index in [9.17, 15) is 9.59 Å². The molecule has 0 aliphatic rings. The number of halogens is 1. The minimum atomic E-state index is -0.293. The van der Waals surface area contributed by atoms with Crippen molar-refractivity contribution in [2.45, 2.75) is 19.8 Å². The summed E-state index contributed by atoms with van der Waals surface area (Å²) in [6.07, 6.45) is 1.11. The van der Waals surface area contributed by atoms with Crippen molar-refractivity contribution in [2.75, 3.05) is 20.2 Å². The van der Waals surface area contributed by atoms with Gasteiger partial charge in [0.05, 0.1) is 12.7 Å². The molecule has 0 atom stereocenters. The Morgan fingerprint density at radius 3 is 2.42 bits per heavy atom. The molecule has 2 aromatic rings. The Bertz CT molecular complexity index is 760. The highest BCUT2D eigenvalue weighted by Crippen LogP contribution is 2.22. The van der Waals surface area contributed by atoms with Crippen LogP contribution in [0.1, 0.15) is 27.9 Å². The van der Waals surface area contributed by atoms with Gasteiger partial charge >= 0.3 is 0 Å². The predicted molar refractivity (Wildman–Crippen MR) is 103 cm³/mol. The number of rotatable bonds is 8.